The van der Waals surface area contributed by atoms with Gasteiger partial charge >= 0.3 is 0 Å². The Kier molecular flexibility index (Phi) is 8.79. The highest BCUT2D eigenvalue weighted by Gasteiger charge is 2.20. The maximum Gasteiger partial charge on any atom is 0.223 e. The average Bonchev–Trinajstić information content (AvgIpc) is 2.68. The summed E-state index contributed by atoms with van der Waals surface area (Å²) in [5, 5.41) is 9.42. The molecule has 0 bridgehead atoms. The second-order valence-electron chi connectivity index (χ2n) is 6.71. The number of hydrogen-bond acceptors (Lipinski definition) is 3. The molecule has 3 N–H and O–H groups in total. The van der Waals surface area contributed by atoms with Gasteiger partial charge in [0.1, 0.15) is 12.4 Å². The average molecular weight is 361 g/mol. The minimum atomic E-state index is 0.195. The van der Waals surface area contributed by atoms with Crippen LogP contribution in [0, 0.1) is 12.8 Å². The van der Waals surface area contributed by atoms with Crippen molar-refractivity contribution >= 4 is 11.9 Å². The van der Waals surface area contributed by atoms with Crippen molar-refractivity contribution < 1.29 is 9.53 Å². The van der Waals surface area contributed by atoms with Crippen LogP contribution >= 0.6 is 0 Å². The fourth-order valence-electron chi connectivity index (χ4n) is 3.07. The van der Waals surface area contributed by atoms with Gasteiger partial charge in [-0.1, -0.05) is 37.0 Å². The molecule has 0 aromatic heterocycles. The number of guanidine groups is 1. The Labute approximate surface area is 156 Å². The molecule has 0 heterocycles. The lowest BCUT2D eigenvalue weighted by atomic mass is 9.89. The minimum Gasteiger partial charge on any atom is -0.492 e. The zero-order valence-electron chi connectivity index (χ0n) is 16.0. The lowest BCUT2D eigenvalue weighted by molar-refractivity contribution is -0.125. The Bertz CT molecular complexity index is 566. The Morgan fingerprint density at radius 2 is 1.69 bits per heavy atom. The van der Waals surface area contributed by atoms with Gasteiger partial charge in [0, 0.05) is 26.1 Å². The Hall–Kier alpha value is -2.24. The zero-order valence-corrected chi connectivity index (χ0v) is 16.0. The van der Waals surface area contributed by atoms with Gasteiger partial charge in [0.25, 0.3) is 0 Å². The summed E-state index contributed by atoms with van der Waals surface area (Å²) in [5.74, 6) is 1.98. The van der Waals surface area contributed by atoms with E-state index >= 15 is 0 Å². The molecule has 144 valence electrons. The van der Waals surface area contributed by atoms with E-state index in [0.29, 0.717) is 32.2 Å². The molecule has 1 aromatic rings. The van der Waals surface area contributed by atoms with E-state index < -0.39 is 0 Å². The topological polar surface area (TPSA) is 74.8 Å². The maximum absolute atomic E-state index is 12.1. The van der Waals surface area contributed by atoms with E-state index in [4.69, 9.17) is 4.74 Å². The van der Waals surface area contributed by atoms with Gasteiger partial charge in [-0.05, 0) is 31.9 Å². The quantitative estimate of drug-likeness (QED) is 0.378. The van der Waals surface area contributed by atoms with Crippen LogP contribution in [0.3, 0.4) is 0 Å². The molecular formula is C20H32N4O2. The van der Waals surface area contributed by atoms with Gasteiger partial charge in [-0.15, -0.1) is 0 Å². The Morgan fingerprint density at radius 3 is 2.38 bits per heavy atom. The summed E-state index contributed by atoms with van der Waals surface area (Å²) in [4.78, 5) is 16.3. The number of nitrogens with zero attached hydrogens (tertiary/aromatic N) is 1. The number of amides is 1. The van der Waals surface area contributed by atoms with Crippen molar-refractivity contribution in [3.8, 4) is 5.75 Å². The highest BCUT2D eigenvalue weighted by atomic mass is 16.5. The zero-order chi connectivity index (χ0) is 18.6. The lowest BCUT2D eigenvalue weighted by Gasteiger charge is -2.21. The van der Waals surface area contributed by atoms with Crippen LogP contribution in [0.25, 0.3) is 0 Å². The van der Waals surface area contributed by atoms with E-state index in [-0.39, 0.29) is 11.8 Å². The number of hydrogen-bond donors (Lipinski definition) is 3. The monoisotopic (exact) mass is 360 g/mol. The predicted molar refractivity (Wildman–Crippen MR) is 106 cm³/mol. The van der Waals surface area contributed by atoms with Gasteiger partial charge in [-0.3, -0.25) is 9.79 Å². The molecular weight excluding hydrogens is 328 g/mol. The first-order valence-electron chi connectivity index (χ1n) is 9.60. The molecule has 0 radical (unpaired) electrons. The summed E-state index contributed by atoms with van der Waals surface area (Å²) in [6.07, 6.45) is 5.68. The van der Waals surface area contributed by atoms with E-state index in [2.05, 4.69) is 27.9 Å². The van der Waals surface area contributed by atoms with Gasteiger partial charge < -0.3 is 20.7 Å². The number of carbonyl (C=O) groups is 1. The van der Waals surface area contributed by atoms with Crippen molar-refractivity contribution in [1.82, 2.24) is 16.0 Å². The summed E-state index contributed by atoms with van der Waals surface area (Å²) in [6, 6.07) is 8.00. The van der Waals surface area contributed by atoms with Crippen molar-refractivity contribution in [2.24, 2.45) is 10.9 Å². The highest BCUT2D eigenvalue weighted by Crippen LogP contribution is 2.23. The smallest absolute Gasteiger partial charge is 0.223 e. The van der Waals surface area contributed by atoms with Gasteiger partial charge in [-0.25, -0.2) is 0 Å². The Morgan fingerprint density at radius 1 is 1.04 bits per heavy atom. The molecule has 0 unspecified atom stereocenters. The van der Waals surface area contributed by atoms with Crippen LogP contribution in [0.5, 0.6) is 5.75 Å². The van der Waals surface area contributed by atoms with E-state index in [1.807, 2.05) is 24.3 Å². The van der Waals surface area contributed by atoms with E-state index in [9.17, 15) is 4.79 Å². The fraction of sp³-hybridized carbons (Fsp3) is 0.600. The van der Waals surface area contributed by atoms with Crippen LogP contribution in [0.4, 0.5) is 0 Å². The number of benzene rings is 1. The molecule has 1 aliphatic rings. The third-order valence-corrected chi connectivity index (χ3v) is 4.60. The van der Waals surface area contributed by atoms with Crippen LogP contribution < -0.4 is 20.7 Å². The number of aryl methyl sites for hydroxylation is 1. The molecule has 1 fully saturated rings. The molecule has 6 nitrogen and oxygen atoms in total. The van der Waals surface area contributed by atoms with Gasteiger partial charge in [0.15, 0.2) is 5.96 Å². The molecule has 2 rings (SSSR count). The Balaban J connectivity index is 1.54. The fourth-order valence-corrected chi connectivity index (χ4v) is 3.07. The van der Waals surface area contributed by atoms with Crippen LogP contribution in [-0.4, -0.2) is 45.2 Å². The van der Waals surface area contributed by atoms with Crippen LogP contribution in [-0.2, 0) is 4.79 Å². The van der Waals surface area contributed by atoms with Crippen molar-refractivity contribution in [2.45, 2.75) is 39.0 Å². The molecule has 6 heteroatoms. The van der Waals surface area contributed by atoms with E-state index in [1.54, 1.807) is 7.05 Å². The molecule has 0 spiro atoms. The van der Waals surface area contributed by atoms with Crippen molar-refractivity contribution in [1.29, 1.82) is 0 Å². The second-order valence-corrected chi connectivity index (χ2v) is 6.71. The van der Waals surface area contributed by atoms with Crippen molar-refractivity contribution in [3.05, 3.63) is 29.8 Å². The van der Waals surface area contributed by atoms with Gasteiger partial charge in [0.2, 0.25) is 5.91 Å². The third kappa shape index (κ3) is 7.33. The third-order valence-electron chi connectivity index (χ3n) is 4.60. The summed E-state index contributed by atoms with van der Waals surface area (Å²) in [7, 11) is 1.73. The summed E-state index contributed by atoms with van der Waals surface area (Å²) in [5.41, 5.74) is 1.22. The van der Waals surface area contributed by atoms with E-state index in [0.717, 1.165) is 18.6 Å². The first-order valence-corrected chi connectivity index (χ1v) is 9.60. The minimum absolute atomic E-state index is 0.195. The standard InChI is InChI=1S/C20H32N4O2/c1-16-8-10-18(11-9-16)26-15-14-24-20(21-2)23-13-12-22-19(25)17-6-4-3-5-7-17/h8-11,17H,3-7,12-15H2,1-2H3,(H,22,25)(H2,21,23,24). The molecule has 1 amide bonds. The second kappa shape index (κ2) is 11.4. The summed E-state index contributed by atoms with van der Waals surface area (Å²) >= 11 is 0. The number of aliphatic imine (C=N–C) groups is 1. The first-order chi connectivity index (χ1) is 12.7. The highest BCUT2D eigenvalue weighted by molar-refractivity contribution is 5.80. The number of carbonyl (C=O) groups excluding carboxylic acids is 1. The number of nitrogens with one attached hydrogen (secondary N) is 3. The number of ether oxygens (including phenoxy) is 1. The molecule has 0 aliphatic heterocycles. The molecule has 0 saturated heterocycles. The first kappa shape index (κ1) is 20.1. The van der Waals surface area contributed by atoms with Crippen molar-refractivity contribution in [3.63, 3.8) is 0 Å². The molecule has 0 atom stereocenters. The van der Waals surface area contributed by atoms with Crippen LogP contribution in [0.2, 0.25) is 0 Å². The van der Waals surface area contributed by atoms with Crippen molar-refractivity contribution in [2.75, 3.05) is 33.3 Å². The molecule has 26 heavy (non-hydrogen) atoms. The van der Waals surface area contributed by atoms with Gasteiger partial charge in [0.05, 0.1) is 6.54 Å². The number of rotatable bonds is 8. The predicted octanol–water partition coefficient (Wildman–Crippen LogP) is 2.24. The van der Waals surface area contributed by atoms with E-state index in [1.165, 1.54) is 24.8 Å². The largest absolute Gasteiger partial charge is 0.492 e. The SMILES string of the molecule is CN=C(NCCNC(=O)C1CCCCC1)NCCOc1ccc(C)cc1. The van der Waals surface area contributed by atoms with Gasteiger partial charge in [-0.2, -0.15) is 0 Å². The molecule has 1 aliphatic carbocycles. The van der Waals surface area contributed by atoms with Crippen LogP contribution in [0.15, 0.2) is 29.3 Å². The summed E-state index contributed by atoms with van der Waals surface area (Å²) in [6.45, 7) is 4.52. The summed E-state index contributed by atoms with van der Waals surface area (Å²) < 4.78 is 5.68. The maximum atomic E-state index is 12.1. The molecule has 1 aromatic carbocycles. The van der Waals surface area contributed by atoms with Crippen LogP contribution in [0.1, 0.15) is 37.7 Å². The molecule has 1 saturated carbocycles. The lowest BCUT2D eigenvalue weighted by Crippen LogP contribution is -2.43. The normalized spacial score (nSPS) is 15.4.